The van der Waals surface area contributed by atoms with E-state index in [1.165, 1.54) is 0 Å². The van der Waals surface area contributed by atoms with E-state index in [2.05, 4.69) is 24.5 Å². The van der Waals surface area contributed by atoms with Gasteiger partial charge in [-0.1, -0.05) is 5.92 Å². The first-order chi connectivity index (χ1) is 3.27. The molecule has 0 aliphatic heterocycles. The fraction of sp³-hybridized carbons (Fsp3) is 0.400. The number of hydrogen-bond donors (Lipinski definition) is 1. The Morgan fingerprint density at radius 1 is 1.86 bits per heavy atom. The summed E-state index contributed by atoms with van der Waals surface area (Å²) in [6.45, 7) is 1.69. The van der Waals surface area contributed by atoms with E-state index in [0.717, 1.165) is 0 Å². The number of carbonyl (C=O) groups excluding carboxylic acids is 1. The minimum Gasteiger partial charge on any atom is -0.286 e. The average Bonchev–Trinajstić information content (AvgIpc) is 1.61. The lowest BCUT2D eigenvalue weighted by Crippen LogP contribution is -1.78. The van der Waals surface area contributed by atoms with Gasteiger partial charge in [-0.15, -0.1) is 18.5 Å². The molecule has 0 fully saturated rings. The van der Waals surface area contributed by atoms with E-state index in [0.29, 0.717) is 0 Å². The molecule has 38 valence electrons. The van der Waals surface area contributed by atoms with Gasteiger partial charge in [0, 0.05) is 0 Å². The summed E-state index contributed by atoms with van der Waals surface area (Å²) < 4.78 is 0. The maximum atomic E-state index is 9.96. The Balaban J connectivity index is 3.26. The second-order valence-corrected chi connectivity index (χ2v) is 1.50. The third-order valence-corrected chi connectivity index (χ3v) is 0.575. The van der Waals surface area contributed by atoms with E-state index in [9.17, 15) is 4.79 Å². The van der Waals surface area contributed by atoms with Crippen molar-refractivity contribution < 1.29 is 4.79 Å². The Kier molecular flexibility index (Phi) is 3.53. The van der Waals surface area contributed by atoms with Crippen molar-refractivity contribution in [1.82, 2.24) is 0 Å². The lowest BCUT2D eigenvalue weighted by molar-refractivity contribution is -0.109. The number of carbonyl (C=O) groups is 1. The van der Waals surface area contributed by atoms with Crippen LogP contribution >= 0.6 is 12.6 Å². The van der Waals surface area contributed by atoms with Crippen LogP contribution < -0.4 is 0 Å². The molecule has 0 unspecified atom stereocenters. The van der Waals surface area contributed by atoms with Crippen LogP contribution in [0.15, 0.2) is 0 Å². The van der Waals surface area contributed by atoms with E-state index < -0.39 is 0 Å². The largest absolute Gasteiger partial charge is 0.286 e. The highest BCUT2D eigenvalue weighted by molar-refractivity contribution is 7.96. The van der Waals surface area contributed by atoms with Crippen molar-refractivity contribution in [2.45, 2.75) is 13.3 Å². The molecule has 0 bridgehead atoms. The zero-order chi connectivity index (χ0) is 5.70. The van der Waals surface area contributed by atoms with Crippen molar-refractivity contribution >= 4 is 17.7 Å². The molecule has 0 aliphatic rings. The van der Waals surface area contributed by atoms with Crippen molar-refractivity contribution in [2.24, 2.45) is 0 Å². The number of hydrogen-bond acceptors (Lipinski definition) is 1. The van der Waals surface area contributed by atoms with Crippen molar-refractivity contribution in [3.63, 3.8) is 0 Å². The molecule has 0 rings (SSSR count). The molecule has 2 heteroatoms. The van der Waals surface area contributed by atoms with Gasteiger partial charge >= 0.3 is 0 Å². The van der Waals surface area contributed by atoms with E-state index in [1.54, 1.807) is 6.92 Å². The first-order valence-corrected chi connectivity index (χ1v) is 2.33. The highest BCUT2D eigenvalue weighted by Crippen LogP contribution is 1.82. The summed E-state index contributed by atoms with van der Waals surface area (Å²) >= 11 is 3.49. The summed E-state index contributed by atoms with van der Waals surface area (Å²) in [6.07, 6.45) is 0.264. The minimum absolute atomic E-state index is 0.172. The molecule has 0 aromatic heterocycles. The molecule has 0 aliphatic carbocycles. The molecule has 0 saturated carbocycles. The van der Waals surface area contributed by atoms with Crippen molar-refractivity contribution in [2.75, 3.05) is 0 Å². The van der Waals surface area contributed by atoms with Gasteiger partial charge in [0.15, 0.2) is 5.12 Å². The molecule has 0 amide bonds. The molecular formula is C5H6OS. The van der Waals surface area contributed by atoms with Crippen LogP contribution in [0.25, 0.3) is 0 Å². The van der Waals surface area contributed by atoms with Crippen LogP contribution in [0.4, 0.5) is 0 Å². The number of thiol groups is 1. The minimum atomic E-state index is -0.172. The Hall–Kier alpha value is -0.420. The predicted octanol–water partition coefficient (Wildman–Crippen LogP) is 0.856. The zero-order valence-corrected chi connectivity index (χ0v) is 4.96. The van der Waals surface area contributed by atoms with Crippen LogP contribution in [0.1, 0.15) is 13.3 Å². The van der Waals surface area contributed by atoms with Crippen LogP contribution in [0.3, 0.4) is 0 Å². The van der Waals surface area contributed by atoms with Crippen molar-refractivity contribution in [3.05, 3.63) is 0 Å². The summed E-state index contributed by atoms with van der Waals surface area (Å²) in [5.41, 5.74) is 0. The first kappa shape index (κ1) is 6.58. The Bertz CT molecular complexity index is 118. The fourth-order valence-corrected chi connectivity index (χ4v) is 0.243. The summed E-state index contributed by atoms with van der Waals surface area (Å²) in [7, 11) is 0. The highest BCUT2D eigenvalue weighted by Gasteiger charge is 1.83. The maximum Gasteiger partial charge on any atom is 0.197 e. The quantitative estimate of drug-likeness (QED) is 0.395. The van der Waals surface area contributed by atoms with E-state index in [4.69, 9.17) is 0 Å². The third-order valence-electron chi connectivity index (χ3n) is 0.416. The third kappa shape index (κ3) is 5.58. The first-order valence-electron chi connectivity index (χ1n) is 1.88. The zero-order valence-electron chi connectivity index (χ0n) is 4.06. The maximum absolute atomic E-state index is 9.96. The van der Waals surface area contributed by atoms with Crippen molar-refractivity contribution in [1.29, 1.82) is 0 Å². The summed E-state index contributed by atoms with van der Waals surface area (Å²) in [5.74, 6) is 5.15. The molecule has 1 nitrogen and oxygen atoms in total. The second kappa shape index (κ2) is 3.76. The normalized spacial score (nSPS) is 6.57. The second-order valence-electron chi connectivity index (χ2n) is 0.997. The monoisotopic (exact) mass is 114 g/mol. The topological polar surface area (TPSA) is 17.1 Å². The highest BCUT2D eigenvalue weighted by atomic mass is 32.1. The summed E-state index contributed by atoms with van der Waals surface area (Å²) in [4.78, 5) is 9.96. The molecule has 0 heterocycles. The molecule has 0 atom stereocenters. The molecule has 0 aromatic rings. The molecule has 0 saturated heterocycles. The van der Waals surface area contributed by atoms with Gasteiger partial charge in [-0.2, -0.15) is 0 Å². The Morgan fingerprint density at radius 2 is 2.43 bits per heavy atom. The predicted molar refractivity (Wildman–Crippen MR) is 32.1 cm³/mol. The van der Waals surface area contributed by atoms with Gasteiger partial charge in [0.25, 0.3) is 0 Å². The van der Waals surface area contributed by atoms with Crippen LogP contribution in [0, 0.1) is 11.8 Å². The van der Waals surface area contributed by atoms with Gasteiger partial charge in [0.1, 0.15) is 0 Å². The van der Waals surface area contributed by atoms with Crippen LogP contribution in [0.5, 0.6) is 0 Å². The van der Waals surface area contributed by atoms with Gasteiger partial charge < -0.3 is 0 Å². The smallest absolute Gasteiger partial charge is 0.197 e. The average molecular weight is 114 g/mol. The Labute approximate surface area is 48.5 Å². The molecular weight excluding hydrogens is 108 g/mol. The van der Waals surface area contributed by atoms with E-state index in [1.807, 2.05) is 0 Å². The van der Waals surface area contributed by atoms with Gasteiger partial charge in [0.2, 0.25) is 0 Å². The van der Waals surface area contributed by atoms with Crippen LogP contribution in [0.2, 0.25) is 0 Å². The van der Waals surface area contributed by atoms with E-state index in [-0.39, 0.29) is 11.5 Å². The molecule has 0 aromatic carbocycles. The van der Waals surface area contributed by atoms with Gasteiger partial charge in [0.05, 0.1) is 6.42 Å². The molecule has 0 radical (unpaired) electrons. The van der Waals surface area contributed by atoms with Gasteiger partial charge in [-0.05, 0) is 6.92 Å². The fourth-order valence-electron chi connectivity index (χ4n) is 0.164. The van der Waals surface area contributed by atoms with Crippen LogP contribution in [-0.2, 0) is 4.79 Å². The summed E-state index contributed by atoms with van der Waals surface area (Å²) in [5, 5.41) is -0.172. The standard InChI is InChI=1S/C5H6OS/c1-2-3-4-5(6)7/h4H2,1H3,(H,6,7). The Morgan fingerprint density at radius 3 is 2.57 bits per heavy atom. The van der Waals surface area contributed by atoms with Crippen molar-refractivity contribution in [3.8, 4) is 11.8 Å². The summed E-state index contributed by atoms with van der Waals surface area (Å²) in [6, 6.07) is 0. The molecule has 0 spiro atoms. The molecule has 7 heavy (non-hydrogen) atoms. The van der Waals surface area contributed by atoms with Gasteiger partial charge in [-0.3, -0.25) is 4.79 Å². The SMILES string of the molecule is CC#CCC(=O)S. The lowest BCUT2D eigenvalue weighted by atomic mass is 10.5. The molecule has 0 N–H and O–H groups in total. The number of rotatable bonds is 1. The van der Waals surface area contributed by atoms with Gasteiger partial charge in [-0.25, -0.2) is 0 Å². The van der Waals surface area contributed by atoms with E-state index >= 15 is 0 Å². The van der Waals surface area contributed by atoms with Crippen LogP contribution in [-0.4, -0.2) is 5.12 Å². The lowest BCUT2D eigenvalue weighted by Gasteiger charge is -1.73.